The van der Waals surface area contributed by atoms with Gasteiger partial charge in [-0.1, -0.05) is 18.2 Å². The number of methoxy groups -OCH3 is 1. The molecule has 3 rings (SSSR count). The molecule has 4 heteroatoms. The second-order valence-electron chi connectivity index (χ2n) is 4.70. The van der Waals surface area contributed by atoms with Gasteiger partial charge < -0.3 is 14.2 Å². The summed E-state index contributed by atoms with van der Waals surface area (Å²) in [7, 11) is 1.64. The van der Waals surface area contributed by atoms with E-state index >= 15 is 0 Å². The predicted octanol–water partition coefficient (Wildman–Crippen LogP) is 3.70. The highest BCUT2D eigenvalue weighted by Crippen LogP contribution is 2.23. The van der Waals surface area contributed by atoms with Gasteiger partial charge in [-0.05, 0) is 36.4 Å². The SMILES string of the molecule is COc1ccc(OCCOc2cccc3cccnc23)cc1. The Kier molecular flexibility index (Phi) is 4.39. The normalized spacial score (nSPS) is 10.4. The molecule has 0 saturated heterocycles. The molecular formula is C18H17NO3. The van der Waals surface area contributed by atoms with Crippen molar-refractivity contribution in [2.24, 2.45) is 0 Å². The number of pyridine rings is 1. The Morgan fingerprint density at radius 1 is 0.818 bits per heavy atom. The van der Waals surface area contributed by atoms with E-state index in [0.29, 0.717) is 13.2 Å². The molecule has 0 unspecified atom stereocenters. The summed E-state index contributed by atoms with van der Waals surface area (Å²) in [6.07, 6.45) is 1.77. The molecule has 0 fully saturated rings. The van der Waals surface area contributed by atoms with E-state index in [4.69, 9.17) is 14.2 Å². The summed E-state index contributed by atoms with van der Waals surface area (Å²) in [5.74, 6) is 2.38. The van der Waals surface area contributed by atoms with Gasteiger partial charge in [0.2, 0.25) is 0 Å². The van der Waals surface area contributed by atoms with Crippen LogP contribution in [0.4, 0.5) is 0 Å². The third kappa shape index (κ3) is 3.28. The monoisotopic (exact) mass is 295 g/mol. The molecule has 0 aliphatic rings. The summed E-state index contributed by atoms with van der Waals surface area (Å²) in [4.78, 5) is 4.36. The lowest BCUT2D eigenvalue weighted by molar-refractivity contribution is 0.218. The number of hydrogen-bond donors (Lipinski definition) is 0. The minimum Gasteiger partial charge on any atom is -0.497 e. The summed E-state index contributed by atoms with van der Waals surface area (Å²) >= 11 is 0. The first-order valence-corrected chi connectivity index (χ1v) is 7.10. The van der Waals surface area contributed by atoms with Crippen molar-refractivity contribution in [3.05, 3.63) is 60.8 Å². The number of nitrogens with zero attached hydrogens (tertiary/aromatic N) is 1. The Morgan fingerprint density at radius 2 is 1.55 bits per heavy atom. The number of para-hydroxylation sites is 1. The summed E-state index contributed by atoms with van der Waals surface area (Å²) in [6.45, 7) is 0.928. The number of benzene rings is 2. The van der Waals surface area contributed by atoms with Crippen molar-refractivity contribution < 1.29 is 14.2 Å². The van der Waals surface area contributed by atoms with E-state index in [1.807, 2.05) is 54.6 Å². The van der Waals surface area contributed by atoms with Crippen molar-refractivity contribution in [3.63, 3.8) is 0 Å². The summed E-state index contributed by atoms with van der Waals surface area (Å²) in [5.41, 5.74) is 0.870. The number of fused-ring (bicyclic) bond motifs is 1. The molecule has 22 heavy (non-hydrogen) atoms. The molecule has 0 amide bonds. The number of rotatable bonds is 6. The molecule has 0 N–H and O–H groups in total. The van der Waals surface area contributed by atoms with Crippen LogP contribution in [0.3, 0.4) is 0 Å². The van der Waals surface area contributed by atoms with E-state index in [1.165, 1.54) is 0 Å². The summed E-state index contributed by atoms with van der Waals surface area (Å²) in [6, 6.07) is 17.3. The van der Waals surface area contributed by atoms with Crippen LogP contribution < -0.4 is 14.2 Å². The van der Waals surface area contributed by atoms with Gasteiger partial charge in [-0.3, -0.25) is 4.98 Å². The molecule has 0 bridgehead atoms. The van der Waals surface area contributed by atoms with E-state index in [-0.39, 0.29) is 0 Å². The molecule has 0 radical (unpaired) electrons. The van der Waals surface area contributed by atoms with E-state index in [9.17, 15) is 0 Å². The fourth-order valence-electron chi connectivity index (χ4n) is 2.18. The van der Waals surface area contributed by atoms with Gasteiger partial charge in [0.05, 0.1) is 7.11 Å². The zero-order valence-corrected chi connectivity index (χ0v) is 12.4. The van der Waals surface area contributed by atoms with Gasteiger partial charge in [-0.15, -0.1) is 0 Å². The molecule has 0 saturated carbocycles. The molecule has 0 atom stereocenters. The van der Waals surface area contributed by atoms with Gasteiger partial charge in [0.1, 0.15) is 36.0 Å². The lowest BCUT2D eigenvalue weighted by Gasteiger charge is -2.10. The maximum atomic E-state index is 5.77. The van der Waals surface area contributed by atoms with Gasteiger partial charge in [0.15, 0.2) is 0 Å². The van der Waals surface area contributed by atoms with Crippen molar-refractivity contribution in [3.8, 4) is 17.2 Å². The first-order chi connectivity index (χ1) is 10.9. The first-order valence-electron chi connectivity index (χ1n) is 7.10. The Labute approximate surface area is 129 Å². The zero-order chi connectivity index (χ0) is 15.2. The average molecular weight is 295 g/mol. The van der Waals surface area contributed by atoms with E-state index < -0.39 is 0 Å². The lowest BCUT2D eigenvalue weighted by atomic mass is 10.2. The molecule has 0 aliphatic heterocycles. The highest BCUT2D eigenvalue weighted by Gasteiger charge is 2.02. The first kappa shape index (κ1) is 14.2. The van der Waals surface area contributed by atoms with Crippen molar-refractivity contribution >= 4 is 10.9 Å². The fourth-order valence-corrected chi connectivity index (χ4v) is 2.18. The summed E-state index contributed by atoms with van der Waals surface area (Å²) < 4.78 is 16.5. The molecule has 1 heterocycles. The Balaban J connectivity index is 1.56. The van der Waals surface area contributed by atoms with E-state index in [2.05, 4.69) is 4.98 Å². The van der Waals surface area contributed by atoms with Crippen LogP contribution in [0.15, 0.2) is 60.8 Å². The fraction of sp³-hybridized carbons (Fsp3) is 0.167. The molecule has 2 aromatic carbocycles. The molecular weight excluding hydrogens is 278 g/mol. The van der Waals surface area contributed by atoms with Crippen molar-refractivity contribution in [2.45, 2.75) is 0 Å². The quantitative estimate of drug-likeness (QED) is 0.650. The van der Waals surface area contributed by atoms with Crippen LogP contribution >= 0.6 is 0 Å². The molecule has 112 valence electrons. The Bertz CT molecular complexity index is 735. The second-order valence-corrected chi connectivity index (χ2v) is 4.70. The van der Waals surface area contributed by atoms with Crippen LogP contribution in [0.25, 0.3) is 10.9 Å². The van der Waals surface area contributed by atoms with E-state index in [0.717, 1.165) is 28.2 Å². The average Bonchev–Trinajstić information content (AvgIpc) is 2.59. The minimum atomic E-state index is 0.460. The van der Waals surface area contributed by atoms with Gasteiger partial charge in [0, 0.05) is 11.6 Å². The predicted molar refractivity (Wildman–Crippen MR) is 85.7 cm³/mol. The molecule has 1 aromatic heterocycles. The van der Waals surface area contributed by atoms with Crippen LogP contribution in [0, 0.1) is 0 Å². The van der Waals surface area contributed by atoms with Crippen molar-refractivity contribution in [1.82, 2.24) is 4.98 Å². The van der Waals surface area contributed by atoms with E-state index in [1.54, 1.807) is 13.3 Å². The van der Waals surface area contributed by atoms with Gasteiger partial charge in [-0.25, -0.2) is 0 Å². The van der Waals surface area contributed by atoms with Gasteiger partial charge >= 0.3 is 0 Å². The van der Waals surface area contributed by atoms with Gasteiger partial charge in [0.25, 0.3) is 0 Å². The zero-order valence-electron chi connectivity index (χ0n) is 12.4. The number of aromatic nitrogens is 1. The van der Waals surface area contributed by atoms with Crippen LogP contribution in [-0.4, -0.2) is 25.3 Å². The Morgan fingerprint density at radius 3 is 2.36 bits per heavy atom. The Hall–Kier alpha value is -2.75. The van der Waals surface area contributed by atoms with Crippen LogP contribution in [0.2, 0.25) is 0 Å². The van der Waals surface area contributed by atoms with Crippen LogP contribution in [0.5, 0.6) is 17.2 Å². The number of hydrogen-bond acceptors (Lipinski definition) is 4. The van der Waals surface area contributed by atoms with Crippen LogP contribution in [-0.2, 0) is 0 Å². The highest BCUT2D eigenvalue weighted by molar-refractivity contribution is 5.84. The maximum absolute atomic E-state index is 5.77. The third-order valence-corrected chi connectivity index (χ3v) is 3.26. The third-order valence-electron chi connectivity index (χ3n) is 3.26. The molecule has 4 nitrogen and oxygen atoms in total. The van der Waals surface area contributed by atoms with Crippen molar-refractivity contribution in [1.29, 1.82) is 0 Å². The standard InChI is InChI=1S/C18H17NO3/c1-20-15-7-9-16(10-8-15)21-12-13-22-17-6-2-4-14-5-3-11-19-18(14)17/h2-11H,12-13H2,1H3. The van der Waals surface area contributed by atoms with Crippen molar-refractivity contribution in [2.75, 3.05) is 20.3 Å². The molecule has 3 aromatic rings. The summed E-state index contributed by atoms with van der Waals surface area (Å²) in [5, 5.41) is 1.07. The van der Waals surface area contributed by atoms with Gasteiger partial charge in [-0.2, -0.15) is 0 Å². The number of ether oxygens (including phenoxy) is 3. The molecule has 0 aliphatic carbocycles. The topological polar surface area (TPSA) is 40.6 Å². The maximum Gasteiger partial charge on any atom is 0.145 e. The molecule has 0 spiro atoms. The lowest BCUT2D eigenvalue weighted by Crippen LogP contribution is -2.09. The minimum absolute atomic E-state index is 0.460. The van der Waals surface area contributed by atoms with Crippen LogP contribution in [0.1, 0.15) is 0 Å². The largest absolute Gasteiger partial charge is 0.497 e. The smallest absolute Gasteiger partial charge is 0.145 e. The highest BCUT2D eigenvalue weighted by atomic mass is 16.5. The second kappa shape index (κ2) is 6.80.